The van der Waals surface area contributed by atoms with E-state index < -0.39 is 0 Å². The molecule has 0 fully saturated rings. The molecule has 0 amide bonds. The molecule has 0 radical (unpaired) electrons. The Labute approximate surface area is 210 Å². The van der Waals surface area contributed by atoms with Gasteiger partial charge in [-0.05, 0) is 93.6 Å². The maximum Gasteiger partial charge on any atom is 0.140 e. The van der Waals surface area contributed by atoms with Crippen molar-refractivity contribution >= 4 is 62.6 Å². The van der Waals surface area contributed by atoms with Gasteiger partial charge in [-0.15, -0.1) is 0 Å². The molecule has 31 heavy (non-hydrogen) atoms. The fourth-order valence-electron chi connectivity index (χ4n) is 2.92. The molecule has 0 atom stereocenters. The second-order valence-corrected chi connectivity index (χ2v) is 9.35. The number of aryl methyl sites for hydroxylation is 1. The summed E-state index contributed by atoms with van der Waals surface area (Å²) in [7, 11) is 0. The van der Waals surface area contributed by atoms with Crippen LogP contribution in [-0.4, -0.2) is 0 Å². The molecule has 3 aromatic carbocycles. The van der Waals surface area contributed by atoms with Gasteiger partial charge in [-0.3, -0.25) is 0 Å². The Balaban J connectivity index is 1.91. The zero-order valence-electron chi connectivity index (χ0n) is 17.0. The summed E-state index contributed by atoms with van der Waals surface area (Å²) in [6.07, 6.45) is 1.80. The third kappa shape index (κ3) is 6.24. The number of nitrogens with one attached hydrogen (secondary N) is 1. The summed E-state index contributed by atoms with van der Waals surface area (Å²) in [5.74, 6) is 0.737. The molecule has 0 aliphatic carbocycles. The Kier molecular flexibility index (Phi) is 7.98. The first-order chi connectivity index (χ1) is 14.9. The van der Waals surface area contributed by atoms with Crippen molar-refractivity contribution in [1.82, 2.24) is 0 Å². The van der Waals surface area contributed by atoms with Crippen LogP contribution in [0, 0.1) is 25.4 Å². The maximum absolute atomic E-state index is 9.80. The van der Waals surface area contributed by atoms with E-state index in [9.17, 15) is 5.26 Å². The summed E-state index contributed by atoms with van der Waals surface area (Å²) in [6.45, 7) is 6.48. The highest BCUT2D eigenvalue weighted by Gasteiger charge is 2.12. The number of nitrogens with zero attached hydrogens (tertiary/aromatic N) is 1. The monoisotopic (exact) mass is 633 g/mol. The number of rotatable bonds is 7. The van der Waals surface area contributed by atoms with Crippen LogP contribution in [0.3, 0.4) is 0 Å². The first kappa shape index (κ1) is 23.2. The van der Waals surface area contributed by atoms with Crippen LogP contribution in [0.25, 0.3) is 6.08 Å². The van der Waals surface area contributed by atoms with Crippen molar-refractivity contribution in [2.75, 3.05) is 11.1 Å². The molecule has 4 nitrogen and oxygen atoms in total. The van der Waals surface area contributed by atoms with E-state index in [2.05, 4.69) is 63.1 Å². The van der Waals surface area contributed by atoms with Crippen LogP contribution in [0.2, 0.25) is 0 Å². The van der Waals surface area contributed by atoms with Gasteiger partial charge in [0.25, 0.3) is 0 Å². The van der Waals surface area contributed by atoms with E-state index in [1.165, 1.54) is 0 Å². The zero-order valence-corrected chi connectivity index (χ0v) is 21.3. The van der Waals surface area contributed by atoms with Crippen molar-refractivity contribution in [1.29, 1.82) is 5.26 Å². The SMILES string of the molecule is C=C(Nc1cc(C)ccc1N)/C(C#N)=C/c1cc(I)cc(I)c1OCc1ccccc1. The molecule has 6 heteroatoms. The number of nitrogen functional groups attached to an aromatic ring is 1. The molecule has 0 aromatic heterocycles. The van der Waals surface area contributed by atoms with E-state index in [4.69, 9.17) is 10.5 Å². The van der Waals surface area contributed by atoms with Gasteiger partial charge in [0.05, 0.1) is 20.5 Å². The van der Waals surface area contributed by atoms with Gasteiger partial charge in [0.1, 0.15) is 18.4 Å². The van der Waals surface area contributed by atoms with Crippen molar-refractivity contribution in [3.63, 3.8) is 0 Å². The summed E-state index contributed by atoms with van der Waals surface area (Å²) in [5.41, 5.74) is 11.2. The Morgan fingerprint density at radius 1 is 1.16 bits per heavy atom. The Morgan fingerprint density at radius 2 is 1.90 bits per heavy atom. The van der Waals surface area contributed by atoms with E-state index in [-0.39, 0.29) is 0 Å². The van der Waals surface area contributed by atoms with Gasteiger partial charge in [0.15, 0.2) is 0 Å². The molecular weight excluding hydrogens is 612 g/mol. The Hall–Kier alpha value is -2.51. The molecule has 0 heterocycles. The summed E-state index contributed by atoms with van der Waals surface area (Å²) in [6, 6.07) is 22.0. The number of hydrogen-bond acceptors (Lipinski definition) is 4. The molecule has 3 N–H and O–H groups in total. The zero-order chi connectivity index (χ0) is 22.4. The van der Waals surface area contributed by atoms with Crippen molar-refractivity contribution < 1.29 is 4.74 Å². The lowest BCUT2D eigenvalue weighted by Gasteiger charge is -2.15. The summed E-state index contributed by atoms with van der Waals surface area (Å²) in [4.78, 5) is 0. The number of anilines is 2. The highest BCUT2D eigenvalue weighted by Crippen LogP contribution is 2.32. The molecule has 3 rings (SSSR count). The first-order valence-electron chi connectivity index (χ1n) is 9.47. The average Bonchev–Trinajstić information content (AvgIpc) is 2.74. The number of ether oxygens (including phenoxy) is 1. The van der Waals surface area contributed by atoms with Crippen LogP contribution in [-0.2, 0) is 6.61 Å². The van der Waals surface area contributed by atoms with Gasteiger partial charge >= 0.3 is 0 Å². The number of hydrogen-bond donors (Lipinski definition) is 2. The number of allylic oxidation sites excluding steroid dienone is 1. The van der Waals surface area contributed by atoms with E-state index in [0.29, 0.717) is 23.6 Å². The lowest BCUT2D eigenvalue weighted by atomic mass is 10.1. The molecule has 0 bridgehead atoms. The molecule has 0 aliphatic rings. The molecule has 0 saturated carbocycles. The molecule has 0 saturated heterocycles. The van der Waals surface area contributed by atoms with Crippen LogP contribution in [0.1, 0.15) is 16.7 Å². The largest absolute Gasteiger partial charge is 0.487 e. The number of nitriles is 1. The molecule has 0 aliphatic heterocycles. The predicted octanol–water partition coefficient (Wildman–Crippen LogP) is 6.90. The predicted molar refractivity (Wildman–Crippen MR) is 145 cm³/mol. The van der Waals surface area contributed by atoms with Gasteiger partial charge < -0.3 is 15.8 Å². The fourth-order valence-corrected chi connectivity index (χ4v) is 4.97. The second kappa shape index (κ2) is 10.7. The third-order valence-electron chi connectivity index (χ3n) is 4.50. The standard InChI is InChI=1S/C25H21I2N3O/c1-16-8-9-23(29)24(10-16)30-17(2)20(14-28)11-19-12-21(26)13-22(27)25(19)31-15-18-6-4-3-5-7-18/h3-13,30H,2,15,29H2,1H3/b20-11+. The van der Waals surface area contributed by atoms with Crippen molar-refractivity contribution in [3.8, 4) is 11.8 Å². The summed E-state index contributed by atoms with van der Waals surface area (Å²) in [5, 5.41) is 13.0. The van der Waals surface area contributed by atoms with Gasteiger partial charge in [0, 0.05) is 14.8 Å². The molecule has 156 valence electrons. The average molecular weight is 633 g/mol. The lowest BCUT2D eigenvalue weighted by Crippen LogP contribution is -2.04. The summed E-state index contributed by atoms with van der Waals surface area (Å²) < 4.78 is 8.18. The van der Waals surface area contributed by atoms with Crippen LogP contribution in [0.4, 0.5) is 11.4 Å². The van der Waals surface area contributed by atoms with E-state index in [0.717, 1.165) is 35.3 Å². The Bertz CT molecular complexity index is 1180. The molecule has 0 spiro atoms. The number of nitrogens with two attached hydrogens (primary N) is 1. The minimum absolute atomic E-state index is 0.406. The number of halogens is 2. The van der Waals surface area contributed by atoms with Gasteiger partial charge in [-0.1, -0.05) is 43.0 Å². The normalized spacial score (nSPS) is 11.0. The highest BCUT2D eigenvalue weighted by molar-refractivity contribution is 14.1. The van der Waals surface area contributed by atoms with E-state index in [1.807, 2.05) is 67.6 Å². The minimum Gasteiger partial charge on any atom is -0.487 e. The fraction of sp³-hybridized carbons (Fsp3) is 0.0800. The van der Waals surface area contributed by atoms with Crippen LogP contribution < -0.4 is 15.8 Å². The highest BCUT2D eigenvalue weighted by atomic mass is 127. The second-order valence-electron chi connectivity index (χ2n) is 6.94. The maximum atomic E-state index is 9.80. The van der Waals surface area contributed by atoms with Crippen molar-refractivity contribution in [3.05, 3.63) is 102 Å². The van der Waals surface area contributed by atoms with Crippen LogP contribution in [0.15, 0.2) is 78.5 Å². The Morgan fingerprint density at radius 3 is 2.61 bits per heavy atom. The molecule has 3 aromatic rings. The number of benzene rings is 3. The van der Waals surface area contributed by atoms with E-state index >= 15 is 0 Å². The van der Waals surface area contributed by atoms with Crippen molar-refractivity contribution in [2.45, 2.75) is 13.5 Å². The smallest absolute Gasteiger partial charge is 0.140 e. The minimum atomic E-state index is 0.406. The van der Waals surface area contributed by atoms with Gasteiger partial charge in [0.2, 0.25) is 0 Å². The van der Waals surface area contributed by atoms with Gasteiger partial charge in [-0.2, -0.15) is 5.26 Å². The van der Waals surface area contributed by atoms with E-state index in [1.54, 1.807) is 6.08 Å². The lowest BCUT2D eigenvalue weighted by molar-refractivity contribution is 0.303. The van der Waals surface area contributed by atoms with Crippen LogP contribution >= 0.6 is 45.2 Å². The first-order valence-corrected chi connectivity index (χ1v) is 11.6. The molecular formula is C25H21I2N3O. The van der Waals surface area contributed by atoms with Gasteiger partial charge in [-0.25, -0.2) is 0 Å². The van der Waals surface area contributed by atoms with Crippen molar-refractivity contribution in [2.24, 2.45) is 0 Å². The van der Waals surface area contributed by atoms with Crippen LogP contribution in [0.5, 0.6) is 5.75 Å². The third-order valence-corrected chi connectivity index (χ3v) is 5.93. The quantitative estimate of drug-likeness (QED) is 0.129. The molecule has 0 unspecified atom stereocenters. The summed E-state index contributed by atoms with van der Waals surface area (Å²) >= 11 is 4.52. The topological polar surface area (TPSA) is 71.1 Å².